The first-order chi connectivity index (χ1) is 30.1. The van der Waals surface area contributed by atoms with Gasteiger partial charge in [-0.1, -0.05) is 84.9 Å². The number of aliphatic hydroxyl groups is 1. The molecule has 1 atom stereocenters. The van der Waals surface area contributed by atoms with Crippen LogP contribution in [-0.2, 0) is 22.5 Å². The summed E-state index contributed by atoms with van der Waals surface area (Å²) in [7, 11) is 1.72. The standard InChI is InChI=1S/C49H52N6O7/c1-54(46(59)25-29-55-27-23-38(24-28-55)62-49(61)52-42-13-6-5-12-39(42)35-8-3-2-4-9-35)37-11-7-10-36(30-37)48(60)51-31-34-16-14-33(15-17-34)22-26-50-32-44(57)40-18-20-43(56)47-41(40)19-21-45(58)53-47/h2-21,30,38,44,50,56-57H,22-29,31-32H2,1H3,(H,51,60)(H,52,61)(H,53,58)/t44-/m0/s1. The Labute approximate surface area is 360 Å². The fraction of sp³-hybridized carbons (Fsp3) is 0.265. The number of aromatic nitrogens is 1. The maximum Gasteiger partial charge on any atom is 0.411 e. The maximum atomic E-state index is 13.2. The van der Waals surface area contributed by atoms with E-state index in [0.29, 0.717) is 91.9 Å². The number of pyridine rings is 1. The third-order valence-electron chi connectivity index (χ3n) is 11.2. The lowest BCUT2D eigenvalue weighted by molar-refractivity contribution is -0.118. The van der Waals surface area contributed by atoms with Crippen LogP contribution < -0.4 is 26.4 Å². The number of amides is 3. The van der Waals surface area contributed by atoms with Crippen molar-refractivity contribution >= 4 is 40.2 Å². The molecule has 7 rings (SSSR count). The fourth-order valence-electron chi connectivity index (χ4n) is 7.66. The van der Waals surface area contributed by atoms with E-state index in [4.69, 9.17) is 4.74 Å². The molecule has 13 nitrogen and oxygen atoms in total. The van der Waals surface area contributed by atoms with Gasteiger partial charge in [-0.2, -0.15) is 0 Å². The number of fused-ring (bicyclic) bond motifs is 1. The van der Waals surface area contributed by atoms with E-state index in [1.54, 1.807) is 42.3 Å². The Morgan fingerprint density at radius 1 is 0.871 bits per heavy atom. The number of hydrogen-bond donors (Lipinski definition) is 6. The van der Waals surface area contributed by atoms with Gasteiger partial charge in [0.25, 0.3) is 5.91 Å². The second-order valence-corrected chi connectivity index (χ2v) is 15.5. The summed E-state index contributed by atoms with van der Waals surface area (Å²) in [5.41, 5.74) is 6.32. The number of phenols is 1. The van der Waals surface area contributed by atoms with E-state index in [0.717, 1.165) is 28.7 Å². The second-order valence-electron chi connectivity index (χ2n) is 15.5. The van der Waals surface area contributed by atoms with Crippen molar-refractivity contribution in [2.24, 2.45) is 0 Å². The molecule has 1 aliphatic heterocycles. The van der Waals surface area contributed by atoms with Crippen LogP contribution in [0.4, 0.5) is 16.2 Å². The number of nitrogens with zero attached hydrogens (tertiary/aromatic N) is 2. The number of anilines is 2. The lowest BCUT2D eigenvalue weighted by atomic mass is 10.0. The van der Waals surface area contributed by atoms with E-state index in [-0.39, 0.29) is 29.2 Å². The van der Waals surface area contributed by atoms with Gasteiger partial charge in [0.15, 0.2) is 0 Å². The van der Waals surface area contributed by atoms with Crippen LogP contribution in [0.3, 0.4) is 0 Å². The molecule has 62 heavy (non-hydrogen) atoms. The van der Waals surface area contributed by atoms with Gasteiger partial charge >= 0.3 is 6.09 Å². The molecule has 0 saturated carbocycles. The van der Waals surface area contributed by atoms with E-state index in [1.165, 1.54) is 12.1 Å². The molecule has 6 N–H and O–H groups in total. The highest BCUT2D eigenvalue weighted by Crippen LogP contribution is 2.30. The number of rotatable bonds is 16. The summed E-state index contributed by atoms with van der Waals surface area (Å²) in [5.74, 6) is -0.356. The highest BCUT2D eigenvalue weighted by atomic mass is 16.6. The van der Waals surface area contributed by atoms with Crippen LogP contribution in [0.2, 0.25) is 0 Å². The number of carbonyl (C=O) groups excluding carboxylic acids is 3. The molecule has 2 heterocycles. The van der Waals surface area contributed by atoms with Crippen molar-refractivity contribution in [2.45, 2.75) is 44.4 Å². The minimum absolute atomic E-state index is 0.0500. The summed E-state index contributed by atoms with van der Waals surface area (Å²) < 4.78 is 5.78. The zero-order valence-electron chi connectivity index (χ0n) is 34.7. The summed E-state index contributed by atoms with van der Waals surface area (Å²) in [6.07, 6.45) is 0.868. The molecule has 1 fully saturated rings. The van der Waals surface area contributed by atoms with E-state index in [1.807, 2.05) is 84.9 Å². The third kappa shape index (κ3) is 11.3. The number of likely N-dealkylation sites (tertiary alicyclic amines) is 1. The molecule has 320 valence electrons. The van der Waals surface area contributed by atoms with Crippen LogP contribution in [0, 0.1) is 0 Å². The topological polar surface area (TPSA) is 176 Å². The van der Waals surface area contributed by atoms with Gasteiger partial charge < -0.3 is 40.4 Å². The number of aromatic amines is 1. The van der Waals surface area contributed by atoms with Crippen LogP contribution in [0.25, 0.3) is 22.0 Å². The first-order valence-electron chi connectivity index (χ1n) is 20.9. The molecule has 0 radical (unpaired) electrons. The summed E-state index contributed by atoms with van der Waals surface area (Å²) >= 11 is 0. The van der Waals surface area contributed by atoms with Gasteiger partial charge in [-0.25, -0.2) is 4.79 Å². The molecular formula is C49H52N6O7. The molecular weight excluding hydrogens is 785 g/mol. The van der Waals surface area contributed by atoms with Gasteiger partial charge in [0.1, 0.15) is 11.9 Å². The normalized spacial score (nSPS) is 13.6. The number of piperidine rings is 1. The van der Waals surface area contributed by atoms with Gasteiger partial charge in [0.05, 0.1) is 17.3 Å². The van der Waals surface area contributed by atoms with Gasteiger partial charge in [0, 0.05) is 74.5 Å². The van der Waals surface area contributed by atoms with E-state index in [9.17, 15) is 29.4 Å². The predicted octanol–water partition coefficient (Wildman–Crippen LogP) is 6.76. The lowest BCUT2D eigenvalue weighted by Crippen LogP contribution is -2.40. The lowest BCUT2D eigenvalue weighted by Gasteiger charge is -2.31. The fourth-order valence-corrected chi connectivity index (χ4v) is 7.66. The smallest absolute Gasteiger partial charge is 0.411 e. The summed E-state index contributed by atoms with van der Waals surface area (Å²) in [6, 6.07) is 38.6. The molecule has 13 heteroatoms. The van der Waals surface area contributed by atoms with Crippen molar-refractivity contribution in [2.75, 3.05) is 50.0 Å². The van der Waals surface area contributed by atoms with Crippen LogP contribution in [-0.4, -0.2) is 83.9 Å². The van der Waals surface area contributed by atoms with Gasteiger partial charge in [-0.15, -0.1) is 0 Å². The number of nitrogens with one attached hydrogen (secondary N) is 4. The number of ether oxygens (including phenoxy) is 1. The Kier molecular flexibility index (Phi) is 14.4. The zero-order chi connectivity index (χ0) is 43.4. The number of H-pyrrole nitrogens is 1. The third-order valence-corrected chi connectivity index (χ3v) is 11.2. The summed E-state index contributed by atoms with van der Waals surface area (Å²) in [5, 5.41) is 30.7. The number of carbonyl (C=O) groups is 3. The SMILES string of the molecule is CN(C(=O)CCN1CCC(OC(=O)Nc2ccccc2-c2ccccc2)CC1)c1cccc(C(=O)NCc2ccc(CCNC[C@H](O)c3ccc(O)c4[nH]c(=O)ccc34)cc2)c1. The molecule has 3 amide bonds. The van der Waals surface area contributed by atoms with E-state index >= 15 is 0 Å². The number of aromatic hydroxyl groups is 1. The van der Waals surface area contributed by atoms with Crippen LogP contribution in [0.1, 0.15) is 52.4 Å². The zero-order valence-corrected chi connectivity index (χ0v) is 34.7. The Balaban J connectivity index is 0.799. The minimum Gasteiger partial charge on any atom is -0.506 e. The molecule has 5 aromatic carbocycles. The second kappa shape index (κ2) is 20.6. The quantitative estimate of drug-likeness (QED) is 0.0576. The molecule has 1 saturated heterocycles. The van der Waals surface area contributed by atoms with Crippen LogP contribution in [0.5, 0.6) is 5.75 Å². The molecule has 0 aliphatic carbocycles. The molecule has 0 spiro atoms. The van der Waals surface area contributed by atoms with Crippen molar-refractivity contribution in [1.29, 1.82) is 0 Å². The first-order valence-corrected chi connectivity index (χ1v) is 20.9. The monoisotopic (exact) mass is 836 g/mol. The number of aliphatic hydroxyl groups excluding tert-OH is 1. The maximum absolute atomic E-state index is 13.2. The van der Waals surface area contributed by atoms with E-state index in [2.05, 4.69) is 25.8 Å². The number of hydrogen-bond acceptors (Lipinski definition) is 9. The Hall–Kier alpha value is -6.80. The van der Waals surface area contributed by atoms with Crippen molar-refractivity contribution in [3.8, 4) is 16.9 Å². The summed E-state index contributed by atoms with van der Waals surface area (Å²) in [4.78, 5) is 57.3. The largest absolute Gasteiger partial charge is 0.506 e. The highest BCUT2D eigenvalue weighted by molar-refractivity contribution is 5.98. The van der Waals surface area contributed by atoms with Crippen LogP contribution in [0.15, 0.2) is 132 Å². The Morgan fingerprint density at radius 3 is 2.40 bits per heavy atom. The van der Waals surface area contributed by atoms with Crippen molar-refractivity contribution in [3.05, 3.63) is 160 Å². The highest BCUT2D eigenvalue weighted by Gasteiger charge is 2.24. The number of phenolic OH excluding ortho intramolecular Hbond substituents is 1. The Morgan fingerprint density at radius 2 is 1.61 bits per heavy atom. The molecule has 6 aromatic rings. The predicted molar refractivity (Wildman–Crippen MR) is 241 cm³/mol. The Bertz CT molecular complexity index is 2540. The van der Waals surface area contributed by atoms with Crippen molar-refractivity contribution in [1.82, 2.24) is 20.5 Å². The van der Waals surface area contributed by atoms with Crippen molar-refractivity contribution in [3.63, 3.8) is 0 Å². The first kappa shape index (κ1) is 43.3. The molecule has 0 unspecified atom stereocenters. The molecule has 1 aliphatic rings. The van der Waals surface area contributed by atoms with E-state index < -0.39 is 12.2 Å². The van der Waals surface area contributed by atoms with Gasteiger partial charge in [-0.05, 0) is 84.5 Å². The van der Waals surface area contributed by atoms with Gasteiger partial charge in [-0.3, -0.25) is 19.7 Å². The van der Waals surface area contributed by atoms with Gasteiger partial charge in [0.2, 0.25) is 11.5 Å². The van der Waals surface area contributed by atoms with Crippen LogP contribution >= 0.6 is 0 Å². The summed E-state index contributed by atoms with van der Waals surface area (Å²) in [6.45, 7) is 3.25. The number of benzene rings is 5. The molecule has 0 bridgehead atoms. The minimum atomic E-state index is -0.836. The number of para-hydroxylation sites is 1. The average Bonchev–Trinajstić information content (AvgIpc) is 3.30. The molecule has 1 aromatic heterocycles. The van der Waals surface area contributed by atoms with Crippen molar-refractivity contribution < 1.29 is 29.3 Å². The average molecular weight is 837 g/mol.